The van der Waals surface area contributed by atoms with E-state index in [0.717, 1.165) is 13.0 Å². The van der Waals surface area contributed by atoms with Gasteiger partial charge in [0.1, 0.15) is 0 Å². The van der Waals surface area contributed by atoms with Crippen LogP contribution in [0.4, 0.5) is 0 Å². The fourth-order valence-electron chi connectivity index (χ4n) is 3.27. The average Bonchev–Trinajstić information content (AvgIpc) is 2.99. The maximum absolute atomic E-state index is 12.7. The Kier molecular flexibility index (Phi) is 6.27. The fourth-order valence-corrected chi connectivity index (χ4v) is 3.46. The minimum Gasteiger partial charge on any atom is -0.338 e. The summed E-state index contributed by atoms with van der Waals surface area (Å²) in [6, 6.07) is 7.47. The monoisotopic (exact) mass is 322 g/mol. The molecule has 1 fully saturated rings. The van der Waals surface area contributed by atoms with Crippen molar-refractivity contribution >= 4 is 17.5 Å². The Balaban J connectivity index is 2.01. The summed E-state index contributed by atoms with van der Waals surface area (Å²) in [6.45, 7) is 7.87. The van der Waals surface area contributed by atoms with E-state index in [1.54, 1.807) is 12.1 Å². The number of likely N-dealkylation sites (tertiary alicyclic amines) is 1. The molecule has 122 valence electrons. The van der Waals surface area contributed by atoms with E-state index < -0.39 is 0 Å². The highest BCUT2D eigenvalue weighted by Gasteiger charge is 2.25. The molecule has 0 aromatic heterocycles. The Morgan fingerprint density at radius 1 is 1.32 bits per heavy atom. The molecule has 0 unspecified atom stereocenters. The third kappa shape index (κ3) is 4.47. The molecule has 1 atom stereocenters. The van der Waals surface area contributed by atoms with Crippen molar-refractivity contribution in [2.45, 2.75) is 39.2 Å². The Hall–Kier alpha value is -1.06. The van der Waals surface area contributed by atoms with Crippen molar-refractivity contribution in [2.24, 2.45) is 5.92 Å². The number of hydrogen-bond acceptors (Lipinski definition) is 2. The molecule has 0 saturated carbocycles. The molecular formula is C18H27ClN2O. The quantitative estimate of drug-likeness (QED) is 0.792. The second-order valence-electron chi connectivity index (χ2n) is 6.58. The zero-order valence-corrected chi connectivity index (χ0v) is 14.6. The van der Waals surface area contributed by atoms with Crippen LogP contribution in [0.15, 0.2) is 24.3 Å². The predicted octanol–water partition coefficient (Wildman–Crippen LogP) is 3.92. The molecule has 0 N–H and O–H groups in total. The van der Waals surface area contributed by atoms with Gasteiger partial charge in [0.05, 0.1) is 0 Å². The lowest BCUT2D eigenvalue weighted by molar-refractivity contribution is 0.0666. The van der Waals surface area contributed by atoms with E-state index in [9.17, 15) is 4.79 Å². The van der Waals surface area contributed by atoms with Gasteiger partial charge in [-0.25, -0.2) is 0 Å². The summed E-state index contributed by atoms with van der Waals surface area (Å²) in [6.07, 6.45) is 3.65. The molecule has 0 aliphatic carbocycles. The van der Waals surface area contributed by atoms with Crippen LogP contribution >= 0.6 is 11.6 Å². The smallest absolute Gasteiger partial charge is 0.253 e. The lowest BCUT2D eigenvalue weighted by atomic mass is 9.98. The topological polar surface area (TPSA) is 23.6 Å². The highest BCUT2D eigenvalue weighted by molar-refractivity contribution is 6.30. The van der Waals surface area contributed by atoms with E-state index in [0.29, 0.717) is 16.5 Å². The minimum absolute atomic E-state index is 0.0580. The summed E-state index contributed by atoms with van der Waals surface area (Å²) >= 11 is 6.01. The first-order chi connectivity index (χ1) is 10.5. The van der Waals surface area contributed by atoms with Crippen molar-refractivity contribution < 1.29 is 4.79 Å². The van der Waals surface area contributed by atoms with Gasteiger partial charge in [0.2, 0.25) is 0 Å². The molecule has 1 aliphatic rings. The molecule has 2 rings (SSSR count). The van der Waals surface area contributed by atoms with Crippen LogP contribution in [0.5, 0.6) is 0 Å². The van der Waals surface area contributed by atoms with E-state index in [1.165, 1.54) is 25.9 Å². The predicted molar refractivity (Wildman–Crippen MR) is 92.5 cm³/mol. The summed E-state index contributed by atoms with van der Waals surface area (Å²) in [5.41, 5.74) is 0.668. The Morgan fingerprint density at radius 2 is 2.00 bits per heavy atom. The number of hydrogen-bond donors (Lipinski definition) is 0. The number of benzene rings is 1. The van der Waals surface area contributed by atoms with Crippen LogP contribution < -0.4 is 0 Å². The molecule has 3 nitrogen and oxygen atoms in total. The van der Waals surface area contributed by atoms with Crippen LogP contribution in [-0.4, -0.2) is 48.4 Å². The molecule has 1 amide bonds. The maximum Gasteiger partial charge on any atom is 0.253 e. The van der Waals surface area contributed by atoms with Crippen LogP contribution in [0.25, 0.3) is 0 Å². The number of amides is 1. The van der Waals surface area contributed by atoms with Gasteiger partial charge in [-0.1, -0.05) is 31.5 Å². The largest absolute Gasteiger partial charge is 0.338 e. The summed E-state index contributed by atoms with van der Waals surface area (Å²) in [5, 5.41) is 0.609. The molecule has 0 bridgehead atoms. The Bertz CT molecular complexity index is 498. The standard InChI is InChI=1S/C18H27ClN2O/c1-14(2)17(9-12-21-10-4-5-11-21)20(3)18(22)15-7-6-8-16(19)13-15/h6-8,13-14,17H,4-5,9-12H2,1-3H3/t17-/m1/s1. The maximum atomic E-state index is 12.7. The lowest BCUT2D eigenvalue weighted by Gasteiger charge is -2.33. The van der Waals surface area contributed by atoms with Gasteiger partial charge in [0.25, 0.3) is 5.91 Å². The summed E-state index contributed by atoms with van der Waals surface area (Å²) < 4.78 is 0. The first-order valence-corrected chi connectivity index (χ1v) is 8.62. The zero-order valence-electron chi connectivity index (χ0n) is 13.9. The van der Waals surface area contributed by atoms with Gasteiger partial charge in [0.15, 0.2) is 0 Å². The SMILES string of the molecule is CC(C)[C@@H](CCN1CCCC1)N(C)C(=O)c1cccc(Cl)c1. The molecule has 1 aromatic rings. The molecule has 1 saturated heterocycles. The van der Waals surface area contributed by atoms with E-state index >= 15 is 0 Å². The first kappa shape index (κ1) is 17.3. The third-order valence-electron chi connectivity index (χ3n) is 4.60. The zero-order chi connectivity index (χ0) is 16.1. The van der Waals surface area contributed by atoms with Crippen molar-refractivity contribution in [1.82, 2.24) is 9.80 Å². The molecular weight excluding hydrogens is 296 g/mol. The summed E-state index contributed by atoms with van der Waals surface area (Å²) in [7, 11) is 1.91. The molecule has 1 aliphatic heterocycles. The average molecular weight is 323 g/mol. The Labute approximate surface area is 139 Å². The molecule has 0 spiro atoms. The van der Waals surface area contributed by atoms with Crippen LogP contribution in [0.2, 0.25) is 5.02 Å². The van der Waals surface area contributed by atoms with Crippen molar-refractivity contribution in [1.29, 1.82) is 0 Å². The van der Waals surface area contributed by atoms with E-state index in [-0.39, 0.29) is 11.9 Å². The number of carbonyl (C=O) groups is 1. The number of rotatable bonds is 6. The van der Waals surface area contributed by atoms with Crippen LogP contribution in [0, 0.1) is 5.92 Å². The van der Waals surface area contributed by atoms with Gasteiger partial charge in [-0.2, -0.15) is 0 Å². The van der Waals surface area contributed by atoms with Gasteiger partial charge in [-0.15, -0.1) is 0 Å². The molecule has 0 radical (unpaired) electrons. The lowest BCUT2D eigenvalue weighted by Crippen LogP contribution is -2.42. The van der Waals surface area contributed by atoms with Crippen molar-refractivity contribution in [2.75, 3.05) is 26.7 Å². The number of nitrogens with zero attached hydrogens (tertiary/aromatic N) is 2. The number of carbonyl (C=O) groups excluding carboxylic acids is 1. The third-order valence-corrected chi connectivity index (χ3v) is 4.83. The van der Waals surface area contributed by atoms with Gasteiger partial charge in [-0.3, -0.25) is 4.79 Å². The van der Waals surface area contributed by atoms with Gasteiger partial charge in [0, 0.05) is 30.2 Å². The van der Waals surface area contributed by atoms with Gasteiger partial charge < -0.3 is 9.80 Å². The van der Waals surface area contributed by atoms with Gasteiger partial charge >= 0.3 is 0 Å². The molecule has 22 heavy (non-hydrogen) atoms. The van der Waals surface area contributed by atoms with Crippen molar-refractivity contribution in [3.05, 3.63) is 34.9 Å². The fraction of sp³-hybridized carbons (Fsp3) is 0.611. The van der Waals surface area contributed by atoms with Crippen LogP contribution in [-0.2, 0) is 0 Å². The highest BCUT2D eigenvalue weighted by Crippen LogP contribution is 2.19. The minimum atomic E-state index is 0.0580. The molecule has 1 heterocycles. The van der Waals surface area contributed by atoms with E-state index in [2.05, 4.69) is 18.7 Å². The van der Waals surface area contributed by atoms with Crippen molar-refractivity contribution in [3.8, 4) is 0 Å². The van der Waals surface area contributed by atoms with E-state index in [1.807, 2.05) is 24.1 Å². The normalized spacial score (nSPS) is 17.0. The van der Waals surface area contributed by atoms with Crippen molar-refractivity contribution in [3.63, 3.8) is 0 Å². The summed E-state index contributed by atoms with van der Waals surface area (Å²) in [5.74, 6) is 0.498. The number of halogens is 1. The highest BCUT2D eigenvalue weighted by atomic mass is 35.5. The first-order valence-electron chi connectivity index (χ1n) is 8.24. The summed E-state index contributed by atoms with van der Waals surface area (Å²) in [4.78, 5) is 17.1. The van der Waals surface area contributed by atoms with Gasteiger partial charge in [-0.05, 0) is 56.5 Å². The molecule has 1 aromatic carbocycles. The van der Waals surface area contributed by atoms with Crippen LogP contribution in [0.3, 0.4) is 0 Å². The van der Waals surface area contributed by atoms with E-state index in [4.69, 9.17) is 11.6 Å². The molecule has 4 heteroatoms. The Morgan fingerprint density at radius 3 is 2.59 bits per heavy atom. The second-order valence-corrected chi connectivity index (χ2v) is 7.01. The second kappa shape index (κ2) is 7.98. The van der Waals surface area contributed by atoms with Crippen LogP contribution in [0.1, 0.15) is 43.5 Å².